The van der Waals surface area contributed by atoms with Gasteiger partial charge < -0.3 is 4.74 Å². The van der Waals surface area contributed by atoms with Crippen LogP contribution >= 0.6 is 0 Å². The lowest BCUT2D eigenvalue weighted by Crippen LogP contribution is -2.39. The van der Waals surface area contributed by atoms with Crippen LogP contribution in [0.5, 0.6) is 0 Å². The Morgan fingerprint density at radius 1 is 1.09 bits per heavy atom. The molecule has 116 valence electrons. The first-order valence-electron chi connectivity index (χ1n) is 8.05. The number of imidazole rings is 1. The number of hydrogen-bond donors (Lipinski definition) is 0. The van der Waals surface area contributed by atoms with E-state index in [2.05, 4.69) is 14.9 Å². The number of rotatable bonds is 3. The lowest BCUT2D eigenvalue weighted by molar-refractivity contribution is 0.0284. The molecule has 0 spiro atoms. The molecule has 4 heterocycles. The molecule has 0 aromatic carbocycles. The van der Waals surface area contributed by atoms with E-state index in [4.69, 9.17) is 9.72 Å². The maximum Gasteiger partial charge on any atom is 0.156 e. The number of hydrogen-bond acceptors (Lipinski definition) is 5. The molecule has 22 heavy (non-hydrogen) atoms. The predicted molar refractivity (Wildman–Crippen MR) is 81.7 cm³/mol. The van der Waals surface area contributed by atoms with Gasteiger partial charge in [-0.25, -0.2) is 9.97 Å². The molecule has 6 nitrogen and oxygen atoms in total. The van der Waals surface area contributed by atoms with Gasteiger partial charge >= 0.3 is 0 Å². The first-order valence-corrected chi connectivity index (χ1v) is 8.05. The van der Waals surface area contributed by atoms with Crippen LogP contribution < -0.4 is 0 Å². The molecule has 2 aromatic heterocycles. The lowest BCUT2D eigenvalue weighted by atomic mass is 10.0. The molecule has 4 rings (SSSR count). The van der Waals surface area contributed by atoms with E-state index in [1.165, 1.54) is 12.8 Å². The van der Waals surface area contributed by atoms with Gasteiger partial charge in [-0.2, -0.15) is 0 Å². The summed E-state index contributed by atoms with van der Waals surface area (Å²) in [6.07, 6.45) is 13.8. The Bertz CT molecular complexity index is 609. The summed E-state index contributed by atoms with van der Waals surface area (Å²) in [5.74, 6) is 0.842. The first kappa shape index (κ1) is 13.8. The SMILES string of the molecule is c1cn(-c2cncc(C3CCCN3C3CCOCC3)n2)cn1. The van der Waals surface area contributed by atoms with Gasteiger partial charge in [-0.05, 0) is 32.2 Å². The fourth-order valence-electron chi connectivity index (χ4n) is 3.61. The van der Waals surface area contributed by atoms with E-state index in [9.17, 15) is 0 Å². The monoisotopic (exact) mass is 299 g/mol. The van der Waals surface area contributed by atoms with Crippen molar-refractivity contribution in [1.29, 1.82) is 0 Å². The molecule has 6 heteroatoms. The number of likely N-dealkylation sites (tertiary alicyclic amines) is 1. The molecule has 2 aliphatic rings. The molecule has 0 saturated carbocycles. The number of ether oxygens (including phenoxy) is 1. The van der Waals surface area contributed by atoms with Crippen molar-refractivity contribution in [1.82, 2.24) is 24.4 Å². The van der Waals surface area contributed by atoms with Crippen molar-refractivity contribution in [3.05, 3.63) is 36.8 Å². The predicted octanol–water partition coefficient (Wildman–Crippen LogP) is 1.98. The van der Waals surface area contributed by atoms with E-state index in [1.54, 1.807) is 18.7 Å². The average Bonchev–Trinajstić information content (AvgIpc) is 3.27. The van der Waals surface area contributed by atoms with E-state index in [0.717, 1.165) is 44.1 Å². The van der Waals surface area contributed by atoms with E-state index >= 15 is 0 Å². The summed E-state index contributed by atoms with van der Waals surface area (Å²) in [6.45, 7) is 2.93. The van der Waals surface area contributed by atoms with Crippen molar-refractivity contribution in [2.75, 3.05) is 19.8 Å². The van der Waals surface area contributed by atoms with E-state index in [0.29, 0.717) is 12.1 Å². The summed E-state index contributed by atoms with van der Waals surface area (Å²) in [4.78, 5) is 15.9. The van der Waals surface area contributed by atoms with Crippen molar-refractivity contribution in [2.24, 2.45) is 0 Å². The summed E-state index contributed by atoms with van der Waals surface area (Å²) < 4.78 is 7.41. The van der Waals surface area contributed by atoms with Crippen LogP contribution in [0.15, 0.2) is 31.1 Å². The summed E-state index contributed by atoms with van der Waals surface area (Å²) in [5, 5.41) is 0. The molecule has 2 aliphatic heterocycles. The fourth-order valence-corrected chi connectivity index (χ4v) is 3.61. The molecule has 1 atom stereocenters. The largest absolute Gasteiger partial charge is 0.381 e. The molecule has 0 N–H and O–H groups in total. The van der Waals surface area contributed by atoms with Crippen LogP contribution in [0.3, 0.4) is 0 Å². The van der Waals surface area contributed by atoms with Gasteiger partial charge in [0.2, 0.25) is 0 Å². The summed E-state index contributed by atoms with van der Waals surface area (Å²) in [6, 6.07) is 1.01. The van der Waals surface area contributed by atoms with Crippen LogP contribution in [0.2, 0.25) is 0 Å². The van der Waals surface area contributed by atoms with Crippen LogP contribution in [-0.4, -0.2) is 50.2 Å². The van der Waals surface area contributed by atoms with Crippen molar-refractivity contribution in [3.63, 3.8) is 0 Å². The minimum atomic E-state index is 0.388. The van der Waals surface area contributed by atoms with Crippen LogP contribution in [0.1, 0.15) is 37.4 Å². The third-order valence-corrected chi connectivity index (χ3v) is 4.70. The molecule has 1 unspecified atom stereocenters. The molecule has 0 amide bonds. The van der Waals surface area contributed by atoms with Crippen molar-refractivity contribution in [2.45, 2.75) is 37.8 Å². The van der Waals surface area contributed by atoms with Crippen LogP contribution in [-0.2, 0) is 4.74 Å². The highest BCUT2D eigenvalue weighted by molar-refractivity contribution is 5.21. The zero-order valence-corrected chi connectivity index (χ0v) is 12.6. The topological polar surface area (TPSA) is 56.1 Å². The van der Waals surface area contributed by atoms with Crippen LogP contribution in [0, 0.1) is 0 Å². The molecule has 0 bridgehead atoms. The van der Waals surface area contributed by atoms with Gasteiger partial charge in [0.05, 0.1) is 24.1 Å². The molecular formula is C16H21N5O. The van der Waals surface area contributed by atoms with Gasteiger partial charge in [0, 0.05) is 31.6 Å². The zero-order chi connectivity index (χ0) is 14.8. The lowest BCUT2D eigenvalue weighted by Gasteiger charge is -2.35. The van der Waals surface area contributed by atoms with Gasteiger partial charge in [0.15, 0.2) is 5.82 Å². The molecule has 2 aromatic rings. The molecule has 0 radical (unpaired) electrons. The van der Waals surface area contributed by atoms with Gasteiger partial charge in [0.1, 0.15) is 6.33 Å². The third-order valence-electron chi connectivity index (χ3n) is 4.70. The standard InChI is InChI=1S/C16H21N5O/c1-2-15(21(6-1)13-3-8-22-9-4-13)14-10-18-11-16(19-14)20-7-5-17-12-20/h5,7,10-13,15H,1-4,6,8-9H2. The summed E-state index contributed by atoms with van der Waals surface area (Å²) in [5.41, 5.74) is 1.08. The molecule has 2 saturated heterocycles. The Labute approximate surface area is 130 Å². The van der Waals surface area contributed by atoms with E-state index in [-0.39, 0.29) is 0 Å². The quantitative estimate of drug-likeness (QED) is 0.867. The normalized spacial score (nSPS) is 23.9. The van der Waals surface area contributed by atoms with Gasteiger partial charge in [-0.3, -0.25) is 14.5 Å². The Balaban J connectivity index is 1.59. The second-order valence-electron chi connectivity index (χ2n) is 6.01. The maximum atomic E-state index is 5.50. The Kier molecular flexibility index (Phi) is 3.86. The maximum absolute atomic E-state index is 5.50. The Hall–Kier alpha value is -1.79. The van der Waals surface area contributed by atoms with Gasteiger partial charge in [0.25, 0.3) is 0 Å². The van der Waals surface area contributed by atoms with Crippen LogP contribution in [0.25, 0.3) is 5.82 Å². The fraction of sp³-hybridized carbons (Fsp3) is 0.562. The minimum absolute atomic E-state index is 0.388. The highest BCUT2D eigenvalue weighted by atomic mass is 16.5. The Morgan fingerprint density at radius 3 is 2.82 bits per heavy atom. The van der Waals surface area contributed by atoms with Crippen molar-refractivity contribution >= 4 is 0 Å². The van der Waals surface area contributed by atoms with Crippen LogP contribution in [0.4, 0.5) is 0 Å². The second-order valence-corrected chi connectivity index (χ2v) is 6.01. The number of aromatic nitrogens is 4. The summed E-state index contributed by atoms with van der Waals surface area (Å²) in [7, 11) is 0. The third kappa shape index (κ3) is 2.64. The zero-order valence-electron chi connectivity index (χ0n) is 12.6. The smallest absolute Gasteiger partial charge is 0.156 e. The first-order chi connectivity index (χ1) is 10.9. The van der Waals surface area contributed by atoms with Gasteiger partial charge in [-0.1, -0.05) is 0 Å². The highest BCUT2D eigenvalue weighted by Crippen LogP contribution is 2.35. The van der Waals surface area contributed by atoms with Crippen molar-refractivity contribution < 1.29 is 4.74 Å². The molecule has 2 fully saturated rings. The van der Waals surface area contributed by atoms with E-state index in [1.807, 2.05) is 17.0 Å². The van der Waals surface area contributed by atoms with Crippen molar-refractivity contribution in [3.8, 4) is 5.82 Å². The second kappa shape index (κ2) is 6.14. The molecular weight excluding hydrogens is 278 g/mol. The minimum Gasteiger partial charge on any atom is -0.381 e. The number of nitrogens with zero attached hydrogens (tertiary/aromatic N) is 5. The molecule has 0 aliphatic carbocycles. The summed E-state index contributed by atoms with van der Waals surface area (Å²) >= 11 is 0. The van der Waals surface area contributed by atoms with Gasteiger partial charge in [-0.15, -0.1) is 0 Å². The Morgan fingerprint density at radius 2 is 2.00 bits per heavy atom. The highest BCUT2D eigenvalue weighted by Gasteiger charge is 2.33. The van der Waals surface area contributed by atoms with E-state index < -0.39 is 0 Å². The average molecular weight is 299 g/mol.